The van der Waals surface area contributed by atoms with E-state index in [1.54, 1.807) is 7.11 Å². The lowest BCUT2D eigenvalue weighted by atomic mass is 10.2. The molecule has 0 aromatic rings. The Labute approximate surface area is 50.2 Å². The molecule has 0 aliphatic rings. The minimum atomic E-state index is -0.0556. The number of hydrogen-bond acceptors (Lipinski definition) is 3. The molecule has 1 atom stereocenters. The van der Waals surface area contributed by atoms with Crippen LogP contribution < -0.4 is 11.2 Å². The Bertz CT molecular complexity index is 56.4. The Morgan fingerprint density at radius 1 is 1.50 bits per heavy atom. The smallest absolute Gasteiger partial charge is 0.0810 e. The van der Waals surface area contributed by atoms with Crippen molar-refractivity contribution in [3.63, 3.8) is 0 Å². The largest absolute Gasteiger partial charge is 0.314 e. The summed E-state index contributed by atoms with van der Waals surface area (Å²) in [6.07, 6.45) is -0.0556. The van der Waals surface area contributed by atoms with E-state index in [0.717, 1.165) is 0 Å². The van der Waals surface area contributed by atoms with Crippen molar-refractivity contribution in [2.24, 2.45) is 11.7 Å². The molecule has 0 saturated heterocycles. The monoisotopic (exact) mass is 118 g/mol. The average Bonchev–Trinajstić information content (AvgIpc) is 1.67. The van der Waals surface area contributed by atoms with Gasteiger partial charge in [-0.15, -0.1) is 0 Å². The molecular weight excluding hydrogens is 104 g/mol. The molecule has 50 valence electrons. The Balaban J connectivity index is 3.17. The number of nitrogens with two attached hydrogens (primary N) is 1. The Morgan fingerprint density at radius 2 is 2.00 bits per heavy atom. The van der Waals surface area contributed by atoms with E-state index in [4.69, 9.17) is 5.73 Å². The molecule has 0 rings (SSSR count). The van der Waals surface area contributed by atoms with Crippen molar-refractivity contribution in [2.45, 2.75) is 20.0 Å². The zero-order chi connectivity index (χ0) is 6.57. The summed E-state index contributed by atoms with van der Waals surface area (Å²) in [6.45, 7) is 4.05. The second kappa shape index (κ2) is 3.83. The van der Waals surface area contributed by atoms with Crippen LogP contribution >= 0.6 is 0 Å². The molecule has 0 radical (unpaired) electrons. The van der Waals surface area contributed by atoms with Gasteiger partial charge in [0.1, 0.15) is 0 Å². The molecule has 0 aliphatic heterocycles. The van der Waals surface area contributed by atoms with Crippen LogP contribution in [0.15, 0.2) is 0 Å². The van der Waals surface area contributed by atoms with Crippen LogP contribution in [0.1, 0.15) is 13.8 Å². The molecule has 8 heavy (non-hydrogen) atoms. The standard InChI is InChI=1S/C5H14N2O/c1-4(2)5(6)7-8-3/h4-5,7H,6H2,1-3H3. The molecule has 0 heterocycles. The third kappa shape index (κ3) is 2.96. The van der Waals surface area contributed by atoms with E-state index in [9.17, 15) is 0 Å². The quantitative estimate of drug-likeness (QED) is 0.407. The fraction of sp³-hybridized carbons (Fsp3) is 1.00. The summed E-state index contributed by atoms with van der Waals surface area (Å²) in [5, 5.41) is 0. The zero-order valence-corrected chi connectivity index (χ0v) is 5.64. The fourth-order valence-electron chi connectivity index (χ4n) is 0.272. The van der Waals surface area contributed by atoms with Gasteiger partial charge in [0.2, 0.25) is 0 Å². The van der Waals surface area contributed by atoms with Crippen LogP contribution in [0, 0.1) is 5.92 Å². The van der Waals surface area contributed by atoms with Gasteiger partial charge in [0.05, 0.1) is 13.3 Å². The molecular formula is C5H14N2O. The number of hydrogen-bond donors (Lipinski definition) is 2. The van der Waals surface area contributed by atoms with E-state index in [2.05, 4.69) is 10.3 Å². The van der Waals surface area contributed by atoms with Crippen LogP contribution in [0.3, 0.4) is 0 Å². The van der Waals surface area contributed by atoms with Crippen molar-refractivity contribution < 1.29 is 4.84 Å². The van der Waals surface area contributed by atoms with Crippen LogP contribution in [0.25, 0.3) is 0 Å². The van der Waals surface area contributed by atoms with E-state index in [1.807, 2.05) is 13.8 Å². The molecule has 3 N–H and O–H groups in total. The first-order valence-corrected chi connectivity index (χ1v) is 2.72. The van der Waals surface area contributed by atoms with Crippen molar-refractivity contribution in [3.05, 3.63) is 0 Å². The summed E-state index contributed by atoms with van der Waals surface area (Å²) in [4.78, 5) is 4.59. The van der Waals surface area contributed by atoms with Gasteiger partial charge in [-0.1, -0.05) is 13.8 Å². The van der Waals surface area contributed by atoms with Crippen LogP contribution in [-0.2, 0) is 4.84 Å². The molecule has 0 bridgehead atoms. The van der Waals surface area contributed by atoms with Gasteiger partial charge in [-0.05, 0) is 5.92 Å². The van der Waals surface area contributed by atoms with Gasteiger partial charge in [0.25, 0.3) is 0 Å². The highest BCUT2D eigenvalue weighted by atomic mass is 16.6. The van der Waals surface area contributed by atoms with Gasteiger partial charge in [-0.3, -0.25) is 0 Å². The summed E-state index contributed by atoms with van der Waals surface area (Å²) in [5.74, 6) is 0.412. The predicted molar refractivity (Wildman–Crippen MR) is 33.0 cm³/mol. The van der Waals surface area contributed by atoms with E-state index in [-0.39, 0.29) is 6.17 Å². The van der Waals surface area contributed by atoms with Crippen LogP contribution in [0.5, 0.6) is 0 Å². The highest BCUT2D eigenvalue weighted by Crippen LogP contribution is 1.92. The topological polar surface area (TPSA) is 47.3 Å². The van der Waals surface area contributed by atoms with Crippen molar-refractivity contribution in [1.29, 1.82) is 0 Å². The number of rotatable bonds is 3. The van der Waals surface area contributed by atoms with Gasteiger partial charge in [0.15, 0.2) is 0 Å². The molecule has 0 fully saturated rings. The minimum Gasteiger partial charge on any atom is -0.314 e. The van der Waals surface area contributed by atoms with E-state index < -0.39 is 0 Å². The van der Waals surface area contributed by atoms with Crippen molar-refractivity contribution in [3.8, 4) is 0 Å². The van der Waals surface area contributed by atoms with Crippen LogP contribution in [0.2, 0.25) is 0 Å². The first kappa shape index (κ1) is 7.88. The van der Waals surface area contributed by atoms with Gasteiger partial charge < -0.3 is 10.6 Å². The van der Waals surface area contributed by atoms with Gasteiger partial charge >= 0.3 is 0 Å². The van der Waals surface area contributed by atoms with Gasteiger partial charge in [-0.2, -0.15) is 5.48 Å². The summed E-state index contributed by atoms with van der Waals surface area (Å²) >= 11 is 0. The average molecular weight is 118 g/mol. The van der Waals surface area contributed by atoms with E-state index >= 15 is 0 Å². The summed E-state index contributed by atoms with van der Waals surface area (Å²) < 4.78 is 0. The Kier molecular flexibility index (Phi) is 3.77. The van der Waals surface area contributed by atoms with Crippen molar-refractivity contribution >= 4 is 0 Å². The number of hydroxylamine groups is 1. The molecule has 0 aromatic heterocycles. The van der Waals surface area contributed by atoms with Crippen LogP contribution in [-0.4, -0.2) is 13.3 Å². The molecule has 3 nitrogen and oxygen atoms in total. The maximum absolute atomic E-state index is 5.49. The SMILES string of the molecule is CONC(N)C(C)C. The highest BCUT2D eigenvalue weighted by Gasteiger charge is 2.03. The fourth-order valence-corrected chi connectivity index (χ4v) is 0.272. The Hall–Kier alpha value is -0.120. The molecule has 0 aliphatic carbocycles. The van der Waals surface area contributed by atoms with Gasteiger partial charge in [0, 0.05) is 0 Å². The molecule has 0 aromatic carbocycles. The highest BCUT2D eigenvalue weighted by molar-refractivity contribution is 4.55. The van der Waals surface area contributed by atoms with E-state index in [0.29, 0.717) is 5.92 Å². The first-order valence-electron chi connectivity index (χ1n) is 2.72. The molecule has 0 saturated carbocycles. The van der Waals surface area contributed by atoms with E-state index in [1.165, 1.54) is 0 Å². The van der Waals surface area contributed by atoms with Crippen molar-refractivity contribution in [1.82, 2.24) is 5.48 Å². The molecule has 3 heteroatoms. The number of nitrogens with one attached hydrogen (secondary N) is 1. The molecule has 0 amide bonds. The third-order valence-corrected chi connectivity index (χ3v) is 0.972. The lowest BCUT2D eigenvalue weighted by molar-refractivity contribution is 0.0485. The van der Waals surface area contributed by atoms with Crippen molar-refractivity contribution in [2.75, 3.05) is 7.11 Å². The maximum atomic E-state index is 5.49. The minimum absolute atomic E-state index is 0.0556. The maximum Gasteiger partial charge on any atom is 0.0810 e. The zero-order valence-electron chi connectivity index (χ0n) is 5.64. The second-order valence-corrected chi connectivity index (χ2v) is 2.09. The normalized spacial score (nSPS) is 14.6. The second-order valence-electron chi connectivity index (χ2n) is 2.09. The van der Waals surface area contributed by atoms with Crippen LogP contribution in [0.4, 0.5) is 0 Å². The predicted octanol–water partition coefficient (Wildman–Crippen LogP) is 0.0782. The lowest BCUT2D eigenvalue weighted by Gasteiger charge is -2.14. The summed E-state index contributed by atoms with van der Waals surface area (Å²) in [7, 11) is 1.56. The summed E-state index contributed by atoms with van der Waals surface area (Å²) in [6, 6.07) is 0. The molecule has 0 spiro atoms. The Morgan fingerprint density at radius 3 is 2.12 bits per heavy atom. The lowest BCUT2D eigenvalue weighted by Crippen LogP contribution is -2.40. The first-order chi connectivity index (χ1) is 3.68. The molecule has 1 unspecified atom stereocenters. The third-order valence-electron chi connectivity index (χ3n) is 0.972. The summed E-state index contributed by atoms with van der Waals surface area (Å²) in [5.41, 5.74) is 8.11. The van der Waals surface area contributed by atoms with Gasteiger partial charge in [-0.25, -0.2) is 0 Å².